The lowest BCUT2D eigenvalue weighted by molar-refractivity contribution is -0.910. The van der Waals surface area contributed by atoms with Crippen LogP contribution in [0.25, 0.3) is 0 Å². The van der Waals surface area contributed by atoms with E-state index in [1.54, 1.807) is 0 Å². The van der Waals surface area contributed by atoms with Crippen molar-refractivity contribution in [3.05, 3.63) is 0 Å². The Morgan fingerprint density at radius 2 is 0.319 bits per heavy atom. The number of ether oxygens (including phenoxy) is 6. The van der Waals surface area contributed by atoms with Gasteiger partial charge in [0.15, 0.2) is 0 Å². The molecule has 1 atom stereocenters. The first-order valence-corrected chi connectivity index (χ1v) is 64.4. The van der Waals surface area contributed by atoms with Gasteiger partial charge in [0.05, 0.1) is 46.2 Å². The second-order valence-corrected chi connectivity index (χ2v) is 45.8. The van der Waals surface area contributed by atoms with E-state index in [1.165, 1.54) is 392 Å². The van der Waals surface area contributed by atoms with Gasteiger partial charge in [-0.3, -0.25) is 38.6 Å². The first-order valence-electron chi connectivity index (χ1n) is 60.8. The van der Waals surface area contributed by atoms with E-state index in [1.807, 2.05) is 0 Å². The fourth-order valence-electron chi connectivity index (χ4n) is 18.4. The summed E-state index contributed by atoms with van der Waals surface area (Å²) < 4.78 is 79.5. The molecular formula is C118H236N4O20S2. The fourth-order valence-corrected chi connectivity index (χ4v) is 18.4. The molecule has 144 heavy (non-hydrogen) atoms. The average Bonchev–Trinajstić information content (AvgIpc) is 0.839. The largest absolute Gasteiger partial charge is 0.707 e. The molecule has 0 bridgehead atoms. The highest BCUT2D eigenvalue weighted by molar-refractivity contribution is 7.86. The number of hydrogen-bond donors (Lipinski definition) is 0. The van der Waals surface area contributed by atoms with E-state index >= 15 is 0 Å². The molecule has 0 saturated heterocycles. The van der Waals surface area contributed by atoms with Gasteiger partial charge < -0.3 is 56.6 Å². The number of rotatable bonds is 110. The molecule has 0 aliphatic rings. The summed E-state index contributed by atoms with van der Waals surface area (Å²) in [6, 6.07) is 0. The highest BCUT2D eigenvalue weighted by atomic mass is 32.2. The number of carbonyl (C=O) groups excluding carboxylic acids is 6. The van der Waals surface area contributed by atoms with E-state index in [4.69, 9.17) is 38.9 Å². The van der Waals surface area contributed by atoms with Gasteiger partial charge in [-0.15, -0.1) is 0 Å². The highest BCUT2D eigenvalue weighted by Gasteiger charge is 2.26. The number of hydrogen-bond acceptors (Lipinski definition) is 22. The summed E-state index contributed by atoms with van der Waals surface area (Å²) in [5.41, 5.74) is 0. The van der Waals surface area contributed by atoms with Gasteiger partial charge in [0.1, 0.15) is 59.3 Å². The number of esters is 6. The number of likely N-dealkylation sites (N-methyl/N-ethyl adjacent to an activating group) is 2. The maximum absolute atomic E-state index is 12.8. The minimum absolute atomic E-state index is 0.0469. The van der Waals surface area contributed by atoms with Gasteiger partial charge in [0.2, 0.25) is 0 Å². The van der Waals surface area contributed by atoms with Crippen LogP contribution >= 0.6 is 0 Å². The lowest BCUT2D eigenvalue weighted by atomic mass is 10.1. The van der Waals surface area contributed by atoms with Crippen LogP contribution in [-0.2, 0) is 86.1 Å². The number of carbonyl (C=O) groups is 6. The Morgan fingerprint density at radius 3 is 0.500 bits per heavy atom. The Balaban J connectivity index is -0.00000122. The molecule has 0 aliphatic carbocycles. The first kappa shape index (κ1) is 147. The van der Waals surface area contributed by atoms with Crippen molar-refractivity contribution < 1.29 is 102 Å². The minimum atomic E-state index is -3.72. The maximum atomic E-state index is 12.8. The molecule has 26 heteroatoms. The molecule has 0 saturated carbocycles. The highest BCUT2D eigenvalue weighted by Crippen LogP contribution is 2.22. The third kappa shape index (κ3) is 122. The molecule has 24 nitrogen and oxygen atoms in total. The van der Waals surface area contributed by atoms with Crippen molar-refractivity contribution in [3.8, 4) is 0 Å². The Bertz CT molecular complexity index is 2850. The summed E-state index contributed by atoms with van der Waals surface area (Å²) in [5, 5.41) is 17.7. The summed E-state index contributed by atoms with van der Waals surface area (Å²) >= 11 is 0. The van der Waals surface area contributed by atoms with Crippen LogP contribution in [0.2, 0.25) is 0 Å². The van der Waals surface area contributed by atoms with Crippen LogP contribution in [0.5, 0.6) is 0 Å². The third-order valence-corrected chi connectivity index (χ3v) is 28.6. The van der Waals surface area contributed by atoms with Gasteiger partial charge in [-0.05, 0) is 64.3 Å². The second kappa shape index (κ2) is 115. The molecule has 0 spiro atoms. The summed E-state index contributed by atoms with van der Waals surface area (Å²) in [4.78, 5) is 81.1. The van der Waals surface area contributed by atoms with E-state index in [0.29, 0.717) is 121 Å². The van der Waals surface area contributed by atoms with Crippen LogP contribution in [0.15, 0.2) is 0 Å². The van der Waals surface area contributed by atoms with Gasteiger partial charge in [-0.25, -0.2) is 16.8 Å². The molecular weight excluding hydrogens is 1860 g/mol. The average molecular weight is 2100 g/mol. The van der Waals surface area contributed by atoms with Crippen LogP contribution in [0.4, 0.5) is 0 Å². The molecule has 0 heterocycles. The molecule has 0 radical (unpaired) electrons. The van der Waals surface area contributed by atoms with Crippen LogP contribution in [0, 0.1) is 0 Å². The molecule has 860 valence electrons. The molecule has 0 aromatic heterocycles. The smallest absolute Gasteiger partial charge is 0.305 e. The molecule has 1 unspecified atom stereocenters. The van der Waals surface area contributed by atoms with Crippen molar-refractivity contribution in [2.24, 2.45) is 0 Å². The topological polar surface area (TPSA) is 297 Å². The van der Waals surface area contributed by atoms with Crippen molar-refractivity contribution >= 4 is 56.1 Å². The quantitative estimate of drug-likeness (QED) is 0.0136. The zero-order valence-corrected chi connectivity index (χ0v) is 98.1. The van der Waals surface area contributed by atoms with E-state index in [9.17, 15) is 45.6 Å². The van der Waals surface area contributed by atoms with Gasteiger partial charge in [-0.2, -0.15) is 0 Å². The van der Waals surface area contributed by atoms with E-state index in [-0.39, 0.29) is 35.8 Å². The molecule has 0 fully saturated rings. The lowest BCUT2D eigenvalue weighted by Crippen LogP contribution is -2.50. The van der Waals surface area contributed by atoms with Gasteiger partial charge in [-0.1, -0.05) is 473 Å². The van der Waals surface area contributed by atoms with Crippen LogP contribution in [-0.4, -0.2) is 216 Å². The summed E-state index contributed by atoms with van der Waals surface area (Å²) in [7, 11) is -2.87. The lowest BCUT2D eigenvalue weighted by Gasteiger charge is -2.35. The van der Waals surface area contributed by atoms with Crippen molar-refractivity contribution in [1.82, 2.24) is 9.80 Å². The number of nitrogens with zero attached hydrogens (tertiary/aromatic N) is 4. The third-order valence-electron chi connectivity index (χ3n) is 28.1. The Labute approximate surface area is 889 Å². The molecule has 0 rings (SSSR count). The Morgan fingerprint density at radius 1 is 0.188 bits per heavy atom. The number of unbranched alkanes of at least 4 members (excludes halogenated alkanes) is 66. The zero-order valence-electron chi connectivity index (χ0n) is 96.5. The van der Waals surface area contributed by atoms with Crippen LogP contribution < -0.4 is 10.5 Å². The molecule has 0 aromatic carbocycles. The molecule has 0 aromatic rings. The molecule has 0 aliphatic heterocycles. The van der Waals surface area contributed by atoms with Crippen LogP contribution in [0.3, 0.4) is 0 Å². The van der Waals surface area contributed by atoms with Crippen molar-refractivity contribution in [1.29, 1.82) is 0 Å². The maximum Gasteiger partial charge on any atom is 0.305 e. The minimum Gasteiger partial charge on any atom is -0.707 e. The predicted octanol–water partition coefficient (Wildman–Crippen LogP) is 29.4. The molecule has 0 amide bonds. The van der Waals surface area contributed by atoms with E-state index in [0.717, 1.165) is 153 Å². The first-order chi connectivity index (χ1) is 69.7. The van der Waals surface area contributed by atoms with Crippen molar-refractivity contribution in [2.75, 3.05) is 145 Å². The van der Waals surface area contributed by atoms with Gasteiger partial charge >= 0.3 is 35.8 Å². The van der Waals surface area contributed by atoms with Crippen molar-refractivity contribution in [3.63, 3.8) is 0 Å². The number of quaternary nitrogens is 2. The summed E-state index contributed by atoms with van der Waals surface area (Å²) in [6.45, 7) is 30.6. The summed E-state index contributed by atoms with van der Waals surface area (Å²) in [5.74, 6) is -0.481. The second-order valence-electron chi connectivity index (χ2n) is 42.7. The SMILES string of the molecule is CCCCCCCCCCCCN(CCC[N+](C)(CCOC(=O)CCCCCCCCCCC)CCOC(=O)CCCCCCCCCCC)CCOC(=O)CCCCCCCCCCC.CCCCCCCCCCCC[N+](C)(CCCN(CCOC(=O)CCCCCCCCCCC)CCOC(=O)CCCCCCCCCCC)CCOC(=O)CCCCCCCCCCC.CS(=O)(=O)O[O-].CS(=O)(=O)O[O-]. The standard InChI is InChI=1S/2C58H115N2O6.2CH4O4S/c1-6-10-14-18-22-26-30-34-38-42-50-60(5,52-55-66-58(63)46-41-37-33-29-25-21-17-13-9-4)51-43-47-59(48-53-64-56(61)44-39-35-31-27-23-19-15-11-7-2)49-54-65-57(62)45-40-36-32-28-24-20-16-12-8-3;1-6-10-14-18-22-26-30-34-38-42-47-59(49-53-64-56(61)44-39-35-31-27-23-19-15-11-7-2)48-43-50-60(5,51-54-65-57(62)45-40-36-32-28-24-20-16-12-8-3)52-55-66-58(63)46-41-37-33-29-25-21-17-13-9-4;2*1-6(3,4)5-2/h2*6-55H2,1-5H3;2*2H,1H3/q2*+1;;/p-2. The predicted molar refractivity (Wildman–Crippen MR) is 596 cm³/mol. The van der Waals surface area contributed by atoms with Gasteiger partial charge in [0.25, 0.3) is 20.2 Å². The van der Waals surface area contributed by atoms with Crippen LogP contribution in [0.1, 0.15) is 582 Å². The molecule has 0 N–H and O–H groups in total. The Kier molecular flexibility index (Phi) is 117. The normalized spacial score (nSPS) is 12.1. The summed E-state index contributed by atoms with van der Waals surface area (Å²) in [6.07, 6.45) is 99.3. The van der Waals surface area contributed by atoms with E-state index in [2.05, 4.69) is 88.0 Å². The Hall–Kier alpha value is -3.60. The van der Waals surface area contributed by atoms with E-state index < -0.39 is 20.2 Å². The fraction of sp³-hybridized carbons (Fsp3) is 0.949. The van der Waals surface area contributed by atoms with Gasteiger partial charge in [0, 0.05) is 84.1 Å². The monoisotopic (exact) mass is 2090 g/mol. The van der Waals surface area contributed by atoms with Crippen molar-refractivity contribution in [2.45, 2.75) is 582 Å². The zero-order chi connectivity index (χ0) is 107.